The molecule has 1 aromatic carbocycles. The number of tetrazole rings is 1. The quantitative estimate of drug-likeness (QED) is 0.482. The van der Waals surface area contributed by atoms with E-state index < -0.39 is 0 Å². The molecule has 2 aromatic heterocycles. The van der Waals surface area contributed by atoms with Crippen molar-refractivity contribution in [3.05, 3.63) is 46.0 Å². The number of aromatic nitrogens is 5. The van der Waals surface area contributed by atoms with E-state index in [1.54, 1.807) is 0 Å². The highest BCUT2D eigenvalue weighted by molar-refractivity contribution is 5.80. The van der Waals surface area contributed by atoms with Gasteiger partial charge in [0.1, 0.15) is 5.75 Å². The molecule has 3 rings (SSSR count). The van der Waals surface area contributed by atoms with Crippen LogP contribution in [-0.4, -0.2) is 55.0 Å². The Hall–Kier alpha value is -2.78. The fraction of sp³-hybridized carbons (Fsp3) is 0.583. The third-order valence-corrected chi connectivity index (χ3v) is 5.60. The van der Waals surface area contributed by atoms with Gasteiger partial charge in [0.15, 0.2) is 5.82 Å². The number of ether oxygens (including phenoxy) is 1. The van der Waals surface area contributed by atoms with E-state index in [1.165, 1.54) is 0 Å². The normalized spacial score (nSPS) is 13.2. The van der Waals surface area contributed by atoms with Gasteiger partial charge in [0.2, 0.25) is 0 Å². The number of hydrogen-bond acceptors (Lipinski definition) is 7. The number of aromatic amines is 1. The average Bonchev–Trinajstić information content (AvgIpc) is 3.22. The lowest BCUT2D eigenvalue weighted by atomic mass is 9.98. The Kier molecular flexibility index (Phi) is 7.86. The molecule has 1 atom stereocenters. The second-order valence-corrected chi connectivity index (χ2v) is 9.66. The van der Waals surface area contributed by atoms with E-state index in [9.17, 15) is 9.90 Å². The van der Waals surface area contributed by atoms with Gasteiger partial charge in [0.05, 0.1) is 18.2 Å². The molecule has 0 spiro atoms. The number of aliphatic hydroxyl groups excluding tert-OH is 1. The van der Waals surface area contributed by atoms with E-state index in [2.05, 4.69) is 60.0 Å². The molecule has 0 bridgehead atoms. The number of nitrogens with zero attached hydrogens (tertiary/aromatic N) is 5. The molecule has 33 heavy (non-hydrogen) atoms. The number of rotatable bonds is 10. The van der Waals surface area contributed by atoms with Crippen molar-refractivity contribution >= 4 is 10.9 Å². The molecule has 0 aliphatic heterocycles. The molecule has 2 heterocycles. The van der Waals surface area contributed by atoms with Gasteiger partial charge < -0.3 is 14.8 Å². The molecule has 9 heteroatoms. The predicted molar refractivity (Wildman–Crippen MR) is 128 cm³/mol. The Morgan fingerprint density at radius 3 is 2.64 bits per heavy atom. The van der Waals surface area contributed by atoms with Crippen molar-refractivity contribution in [1.29, 1.82) is 0 Å². The second kappa shape index (κ2) is 10.4. The standard InChI is InChI=1S/C24H36N6O3/c1-7-33-19-9-10-20-17(14-19)13-18(23(32)25-20)15-29(11-8-12-31)21(16(2)3)22-26-27-28-30(22)24(4,5)6/h9-10,13-14,16,21,31H,7-8,11-12,15H2,1-6H3,(H,25,32)/t21-/m1/s1. The van der Waals surface area contributed by atoms with Crippen LogP contribution in [-0.2, 0) is 12.1 Å². The molecule has 3 aromatic rings. The Bertz CT molecular complexity index is 1120. The molecule has 0 aliphatic carbocycles. The summed E-state index contributed by atoms with van der Waals surface area (Å²) in [4.78, 5) is 18.1. The fourth-order valence-electron chi connectivity index (χ4n) is 4.15. The van der Waals surface area contributed by atoms with Gasteiger partial charge in [-0.05, 0) is 74.7 Å². The average molecular weight is 457 g/mol. The summed E-state index contributed by atoms with van der Waals surface area (Å²) in [5.41, 5.74) is 1.00. The van der Waals surface area contributed by atoms with Crippen molar-refractivity contribution in [2.24, 2.45) is 5.92 Å². The number of benzene rings is 1. The van der Waals surface area contributed by atoms with Crippen LogP contribution in [0, 0.1) is 5.92 Å². The number of fused-ring (bicyclic) bond motifs is 1. The zero-order valence-corrected chi connectivity index (χ0v) is 20.5. The predicted octanol–water partition coefficient (Wildman–Crippen LogP) is 3.25. The van der Waals surface area contributed by atoms with Crippen molar-refractivity contribution in [2.45, 2.75) is 66.1 Å². The summed E-state index contributed by atoms with van der Waals surface area (Å²) in [5, 5.41) is 23.0. The van der Waals surface area contributed by atoms with Crippen molar-refractivity contribution in [1.82, 2.24) is 30.1 Å². The first-order chi connectivity index (χ1) is 15.7. The van der Waals surface area contributed by atoms with Crippen LogP contribution in [0.1, 0.15) is 65.4 Å². The lowest BCUT2D eigenvalue weighted by Crippen LogP contribution is -2.38. The van der Waals surface area contributed by atoms with Crippen molar-refractivity contribution in [2.75, 3.05) is 19.8 Å². The van der Waals surface area contributed by atoms with Gasteiger partial charge in [0.25, 0.3) is 5.56 Å². The summed E-state index contributed by atoms with van der Waals surface area (Å²) in [6, 6.07) is 7.46. The van der Waals surface area contributed by atoms with Gasteiger partial charge in [-0.3, -0.25) is 9.69 Å². The third-order valence-electron chi connectivity index (χ3n) is 5.60. The molecule has 0 radical (unpaired) electrons. The first-order valence-electron chi connectivity index (χ1n) is 11.6. The highest BCUT2D eigenvalue weighted by Gasteiger charge is 2.32. The molecular weight excluding hydrogens is 420 g/mol. The molecule has 180 valence electrons. The number of aliphatic hydroxyl groups is 1. The summed E-state index contributed by atoms with van der Waals surface area (Å²) in [6.45, 7) is 14.0. The Morgan fingerprint density at radius 2 is 2.00 bits per heavy atom. The first-order valence-corrected chi connectivity index (χ1v) is 11.6. The SMILES string of the molecule is CCOc1ccc2[nH]c(=O)c(CN(CCCO)[C@@H](c3nnnn3C(C)(C)C)C(C)C)cc2c1. The van der Waals surface area contributed by atoms with Crippen LogP contribution in [0.2, 0.25) is 0 Å². The minimum atomic E-state index is -0.287. The maximum absolute atomic E-state index is 12.9. The van der Waals surface area contributed by atoms with Gasteiger partial charge in [0, 0.05) is 36.2 Å². The first kappa shape index (κ1) is 24.9. The van der Waals surface area contributed by atoms with E-state index in [0.717, 1.165) is 22.5 Å². The summed E-state index contributed by atoms with van der Waals surface area (Å²) >= 11 is 0. The third kappa shape index (κ3) is 5.78. The smallest absolute Gasteiger partial charge is 0.252 e. The number of hydrogen-bond donors (Lipinski definition) is 2. The van der Waals surface area contributed by atoms with Crippen molar-refractivity contribution in [3.63, 3.8) is 0 Å². The zero-order valence-electron chi connectivity index (χ0n) is 20.5. The van der Waals surface area contributed by atoms with E-state index in [4.69, 9.17) is 4.74 Å². The number of H-pyrrole nitrogens is 1. The Balaban J connectivity index is 2.03. The van der Waals surface area contributed by atoms with Gasteiger partial charge >= 0.3 is 0 Å². The largest absolute Gasteiger partial charge is 0.494 e. The number of nitrogens with one attached hydrogen (secondary N) is 1. The highest BCUT2D eigenvalue weighted by atomic mass is 16.5. The fourth-order valence-corrected chi connectivity index (χ4v) is 4.15. The molecule has 0 saturated carbocycles. The molecule has 9 nitrogen and oxygen atoms in total. The van der Waals surface area contributed by atoms with Crippen LogP contribution in [0.15, 0.2) is 29.1 Å². The van der Waals surface area contributed by atoms with Crippen LogP contribution in [0.3, 0.4) is 0 Å². The van der Waals surface area contributed by atoms with Crippen LogP contribution in [0.25, 0.3) is 10.9 Å². The summed E-state index contributed by atoms with van der Waals surface area (Å²) in [6.07, 6.45) is 0.584. The lowest BCUT2D eigenvalue weighted by molar-refractivity contribution is 0.116. The van der Waals surface area contributed by atoms with Crippen LogP contribution >= 0.6 is 0 Å². The van der Waals surface area contributed by atoms with E-state index in [-0.39, 0.29) is 29.7 Å². The van der Waals surface area contributed by atoms with E-state index >= 15 is 0 Å². The molecule has 0 saturated heterocycles. The molecule has 0 fully saturated rings. The van der Waals surface area contributed by atoms with E-state index in [1.807, 2.05) is 35.9 Å². The number of pyridine rings is 1. The maximum atomic E-state index is 12.9. The van der Waals surface area contributed by atoms with Crippen LogP contribution < -0.4 is 10.3 Å². The lowest BCUT2D eigenvalue weighted by Gasteiger charge is -2.35. The zero-order chi connectivity index (χ0) is 24.2. The van der Waals surface area contributed by atoms with Crippen molar-refractivity contribution in [3.8, 4) is 5.75 Å². The molecular formula is C24H36N6O3. The minimum absolute atomic E-state index is 0.0668. The second-order valence-electron chi connectivity index (χ2n) is 9.66. The van der Waals surface area contributed by atoms with Gasteiger partial charge in [-0.1, -0.05) is 13.8 Å². The Labute approximate surface area is 194 Å². The van der Waals surface area contributed by atoms with Crippen LogP contribution in [0.5, 0.6) is 5.75 Å². The summed E-state index contributed by atoms with van der Waals surface area (Å²) < 4.78 is 7.48. The van der Waals surface area contributed by atoms with Crippen LogP contribution in [0.4, 0.5) is 0 Å². The summed E-state index contributed by atoms with van der Waals surface area (Å²) in [7, 11) is 0. The highest BCUT2D eigenvalue weighted by Crippen LogP contribution is 2.31. The van der Waals surface area contributed by atoms with Gasteiger partial charge in [-0.2, -0.15) is 0 Å². The Morgan fingerprint density at radius 1 is 1.24 bits per heavy atom. The monoisotopic (exact) mass is 456 g/mol. The topological polar surface area (TPSA) is 109 Å². The maximum Gasteiger partial charge on any atom is 0.252 e. The molecule has 2 N–H and O–H groups in total. The minimum Gasteiger partial charge on any atom is -0.494 e. The molecule has 0 amide bonds. The van der Waals surface area contributed by atoms with Crippen molar-refractivity contribution < 1.29 is 9.84 Å². The van der Waals surface area contributed by atoms with Gasteiger partial charge in [-0.25, -0.2) is 4.68 Å². The summed E-state index contributed by atoms with van der Waals surface area (Å²) in [5.74, 6) is 1.70. The molecule has 0 aliphatic rings. The van der Waals surface area contributed by atoms with Gasteiger partial charge in [-0.15, -0.1) is 5.10 Å². The van der Waals surface area contributed by atoms with E-state index in [0.29, 0.717) is 31.7 Å². The molecule has 0 unspecified atom stereocenters.